The highest BCUT2D eigenvalue weighted by atomic mass is 35.5. The largest absolute Gasteiger partial charge is 0.336 e. The van der Waals surface area contributed by atoms with Gasteiger partial charge in [-0.3, -0.25) is 4.79 Å². The average molecular weight is 283 g/mol. The van der Waals surface area contributed by atoms with Crippen LogP contribution in [0.25, 0.3) is 0 Å². The van der Waals surface area contributed by atoms with Gasteiger partial charge >= 0.3 is 0 Å². The van der Waals surface area contributed by atoms with E-state index < -0.39 is 0 Å². The van der Waals surface area contributed by atoms with Crippen molar-refractivity contribution >= 4 is 23.3 Å². The highest BCUT2D eigenvalue weighted by Gasteiger charge is 2.29. The number of nitrogens with two attached hydrogens (primary N) is 1. The predicted octanol–water partition coefficient (Wildman–Crippen LogP) is 2.28. The number of carbonyl (C=O) groups is 1. The van der Waals surface area contributed by atoms with E-state index in [1.54, 1.807) is 12.1 Å². The Morgan fingerprint density at radius 1 is 1.53 bits per heavy atom. The van der Waals surface area contributed by atoms with Crippen LogP contribution in [0.3, 0.4) is 0 Å². The summed E-state index contributed by atoms with van der Waals surface area (Å²) in [6.45, 7) is 5.05. The number of nitrogens with zero attached hydrogens (tertiary/aromatic N) is 2. The van der Waals surface area contributed by atoms with E-state index in [1.165, 1.54) is 0 Å². The third-order valence-corrected chi connectivity index (χ3v) is 4.02. The fourth-order valence-corrected chi connectivity index (χ4v) is 2.69. The number of nitrogens with one attached hydrogen (secondary N) is 1. The van der Waals surface area contributed by atoms with Gasteiger partial charge in [0.2, 0.25) is 0 Å². The lowest BCUT2D eigenvalue weighted by Gasteiger charge is -2.38. The van der Waals surface area contributed by atoms with Crippen molar-refractivity contribution in [2.75, 3.05) is 12.0 Å². The number of nitrogen functional groups attached to an aromatic ring is 1. The lowest BCUT2D eigenvalue weighted by molar-refractivity contribution is 0.0551. The van der Waals surface area contributed by atoms with E-state index in [-0.39, 0.29) is 17.1 Å². The first-order chi connectivity index (χ1) is 9.02. The van der Waals surface area contributed by atoms with Crippen molar-refractivity contribution < 1.29 is 4.79 Å². The number of piperidine rings is 1. The second kappa shape index (κ2) is 5.75. The number of rotatable bonds is 2. The molecule has 2 unspecified atom stereocenters. The SMILES string of the molecule is CC1CCCN(C(=O)c2cc(Cl)nc(NN)c2)C1C. The topological polar surface area (TPSA) is 71.2 Å². The van der Waals surface area contributed by atoms with Gasteiger partial charge in [0.1, 0.15) is 11.0 Å². The van der Waals surface area contributed by atoms with Crippen LogP contribution < -0.4 is 11.3 Å². The Morgan fingerprint density at radius 3 is 2.95 bits per heavy atom. The zero-order valence-corrected chi connectivity index (χ0v) is 11.9. The molecule has 2 heterocycles. The van der Waals surface area contributed by atoms with E-state index in [1.807, 2.05) is 4.90 Å². The molecule has 2 atom stereocenters. The minimum Gasteiger partial charge on any atom is -0.336 e. The van der Waals surface area contributed by atoms with Crippen LogP contribution >= 0.6 is 11.6 Å². The van der Waals surface area contributed by atoms with Crippen molar-refractivity contribution in [3.8, 4) is 0 Å². The number of anilines is 1. The molecule has 2 rings (SSSR count). The molecule has 1 aromatic rings. The summed E-state index contributed by atoms with van der Waals surface area (Å²) in [6.07, 6.45) is 2.20. The molecule has 104 valence electrons. The van der Waals surface area contributed by atoms with Gasteiger partial charge in [-0.05, 0) is 37.8 Å². The zero-order chi connectivity index (χ0) is 14.0. The van der Waals surface area contributed by atoms with E-state index in [9.17, 15) is 4.79 Å². The molecule has 1 fully saturated rings. The number of aromatic nitrogens is 1. The Labute approximate surface area is 118 Å². The summed E-state index contributed by atoms with van der Waals surface area (Å²) in [5, 5.41) is 0.261. The van der Waals surface area contributed by atoms with E-state index >= 15 is 0 Å². The number of likely N-dealkylation sites (tertiary alicyclic amines) is 1. The summed E-state index contributed by atoms with van der Waals surface area (Å²) in [7, 11) is 0. The average Bonchev–Trinajstić information content (AvgIpc) is 2.40. The normalized spacial score (nSPS) is 23.3. The number of hydrazine groups is 1. The maximum absolute atomic E-state index is 12.5. The molecule has 5 nitrogen and oxygen atoms in total. The molecule has 0 saturated carbocycles. The molecule has 1 amide bonds. The fourth-order valence-electron chi connectivity index (χ4n) is 2.48. The summed E-state index contributed by atoms with van der Waals surface area (Å²) < 4.78 is 0. The van der Waals surface area contributed by atoms with E-state index in [4.69, 9.17) is 17.4 Å². The van der Waals surface area contributed by atoms with E-state index in [2.05, 4.69) is 24.3 Å². The van der Waals surface area contributed by atoms with Crippen LogP contribution in [0.2, 0.25) is 5.15 Å². The second-order valence-electron chi connectivity index (χ2n) is 5.07. The molecule has 0 spiro atoms. The first-order valence-electron chi connectivity index (χ1n) is 6.48. The summed E-state index contributed by atoms with van der Waals surface area (Å²) in [5.74, 6) is 6.22. The number of carbonyl (C=O) groups excluding carboxylic acids is 1. The first kappa shape index (κ1) is 14.1. The third kappa shape index (κ3) is 2.98. The maximum Gasteiger partial charge on any atom is 0.254 e. The Kier molecular flexibility index (Phi) is 4.27. The van der Waals surface area contributed by atoms with Crippen molar-refractivity contribution in [1.29, 1.82) is 0 Å². The van der Waals surface area contributed by atoms with Crippen LogP contribution in [0, 0.1) is 5.92 Å². The van der Waals surface area contributed by atoms with Crippen LogP contribution in [-0.2, 0) is 0 Å². The van der Waals surface area contributed by atoms with Crippen molar-refractivity contribution in [1.82, 2.24) is 9.88 Å². The molecule has 0 radical (unpaired) electrons. The lowest BCUT2D eigenvalue weighted by atomic mass is 9.91. The Balaban J connectivity index is 2.25. The molecule has 1 aromatic heterocycles. The summed E-state index contributed by atoms with van der Waals surface area (Å²) in [5.41, 5.74) is 2.94. The van der Waals surface area contributed by atoms with E-state index in [0.717, 1.165) is 19.4 Å². The van der Waals surface area contributed by atoms with Gasteiger partial charge in [-0.1, -0.05) is 18.5 Å². The first-order valence-corrected chi connectivity index (χ1v) is 6.86. The molecule has 0 aromatic carbocycles. The second-order valence-corrected chi connectivity index (χ2v) is 5.45. The molecule has 0 bridgehead atoms. The highest BCUT2D eigenvalue weighted by molar-refractivity contribution is 6.29. The molecule has 6 heteroatoms. The molecular formula is C13H19ClN4O. The number of pyridine rings is 1. The Bertz CT molecular complexity index is 480. The number of halogens is 1. The molecule has 3 N–H and O–H groups in total. The molecule has 1 aliphatic heterocycles. The Hall–Kier alpha value is -1.33. The van der Waals surface area contributed by atoms with Gasteiger partial charge in [0.15, 0.2) is 0 Å². The van der Waals surface area contributed by atoms with Crippen molar-refractivity contribution in [3.63, 3.8) is 0 Å². The van der Waals surface area contributed by atoms with Crippen molar-refractivity contribution in [3.05, 3.63) is 22.8 Å². The number of amides is 1. The summed E-state index contributed by atoms with van der Waals surface area (Å²) >= 11 is 5.90. The molecule has 19 heavy (non-hydrogen) atoms. The smallest absolute Gasteiger partial charge is 0.254 e. The van der Waals surface area contributed by atoms with Crippen LogP contribution in [0.4, 0.5) is 5.82 Å². The minimum absolute atomic E-state index is 0.0140. The van der Waals surface area contributed by atoms with Crippen LogP contribution in [0.5, 0.6) is 0 Å². The molecule has 1 aliphatic rings. The zero-order valence-electron chi connectivity index (χ0n) is 11.2. The van der Waals surface area contributed by atoms with Gasteiger partial charge in [0.25, 0.3) is 5.91 Å². The van der Waals surface area contributed by atoms with Gasteiger partial charge in [0.05, 0.1) is 0 Å². The maximum atomic E-state index is 12.5. The van der Waals surface area contributed by atoms with Gasteiger partial charge in [0, 0.05) is 18.2 Å². The highest BCUT2D eigenvalue weighted by Crippen LogP contribution is 2.25. The van der Waals surface area contributed by atoms with Crippen LogP contribution in [-0.4, -0.2) is 28.4 Å². The predicted molar refractivity (Wildman–Crippen MR) is 76.0 cm³/mol. The minimum atomic E-state index is -0.0140. The van der Waals surface area contributed by atoms with Crippen LogP contribution in [0.15, 0.2) is 12.1 Å². The van der Waals surface area contributed by atoms with Crippen molar-refractivity contribution in [2.24, 2.45) is 11.8 Å². The standard InChI is InChI=1S/C13H19ClN4O/c1-8-4-3-5-18(9(8)2)13(19)10-6-11(14)16-12(7-10)17-15/h6-9H,3-5,15H2,1-2H3,(H,16,17). The lowest BCUT2D eigenvalue weighted by Crippen LogP contribution is -2.46. The van der Waals surface area contributed by atoms with Gasteiger partial charge in [-0.2, -0.15) is 0 Å². The summed E-state index contributed by atoms with van der Waals surface area (Å²) in [6, 6.07) is 3.44. The number of hydrogen-bond donors (Lipinski definition) is 2. The van der Waals surface area contributed by atoms with Gasteiger partial charge in [-0.15, -0.1) is 0 Å². The quantitative estimate of drug-likeness (QED) is 0.496. The Morgan fingerprint density at radius 2 is 2.26 bits per heavy atom. The van der Waals surface area contributed by atoms with Gasteiger partial charge < -0.3 is 10.3 Å². The summed E-state index contributed by atoms with van der Waals surface area (Å²) in [4.78, 5) is 18.4. The molecule has 1 saturated heterocycles. The van der Waals surface area contributed by atoms with E-state index in [0.29, 0.717) is 17.3 Å². The molecule has 0 aliphatic carbocycles. The van der Waals surface area contributed by atoms with Crippen LogP contribution in [0.1, 0.15) is 37.0 Å². The number of hydrogen-bond acceptors (Lipinski definition) is 4. The van der Waals surface area contributed by atoms with Crippen molar-refractivity contribution in [2.45, 2.75) is 32.7 Å². The van der Waals surface area contributed by atoms with Gasteiger partial charge in [-0.25, -0.2) is 10.8 Å². The monoisotopic (exact) mass is 282 g/mol. The third-order valence-electron chi connectivity index (χ3n) is 3.82. The molecular weight excluding hydrogens is 264 g/mol. The fraction of sp³-hybridized carbons (Fsp3) is 0.538.